The number of hydrogen-bond donors (Lipinski definition) is 1. The van der Waals surface area contributed by atoms with Crippen LogP contribution in [0.25, 0.3) is 5.82 Å². The molecule has 2 aromatic heterocycles. The van der Waals surface area contributed by atoms with Gasteiger partial charge in [0, 0.05) is 19.3 Å². The van der Waals surface area contributed by atoms with Crippen LogP contribution < -0.4 is 5.32 Å². The zero-order valence-corrected chi connectivity index (χ0v) is 15.8. The van der Waals surface area contributed by atoms with Gasteiger partial charge in [-0.25, -0.2) is 4.68 Å². The number of aryl methyl sites for hydroxylation is 1. The first-order valence-corrected chi connectivity index (χ1v) is 9.67. The van der Waals surface area contributed by atoms with Gasteiger partial charge in [-0.2, -0.15) is 5.10 Å². The van der Waals surface area contributed by atoms with Gasteiger partial charge in [0.1, 0.15) is 5.82 Å². The number of nitrogens with zero attached hydrogens (tertiary/aromatic N) is 5. The van der Waals surface area contributed by atoms with Gasteiger partial charge in [0.2, 0.25) is 0 Å². The second-order valence-corrected chi connectivity index (χ2v) is 7.19. The molecule has 0 atom stereocenters. The van der Waals surface area contributed by atoms with Gasteiger partial charge in [-0.3, -0.25) is 4.90 Å². The smallest absolute Gasteiger partial charge is 0.175 e. The maximum atomic E-state index is 4.34. The normalized spacial score (nSPS) is 15.0. The Bertz CT molecular complexity index is 847. The fourth-order valence-corrected chi connectivity index (χ4v) is 3.42. The number of anilines is 1. The van der Waals surface area contributed by atoms with E-state index in [4.69, 9.17) is 0 Å². The van der Waals surface area contributed by atoms with Crippen molar-refractivity contribution in [3.63, 3.8) is 0 Å². The standard InChI is InChI=1S/C21H26N6/c1-17-11-14-27(25-17)21-10-9-20(23-24-21)22-15-18-5-7-19(8-6-18)16-26-12-3-2-4-13-26/h5-11,14H,2-4,12-13,15-16H2,1H3,(H,22,23). The molecule has 0 spiro atoms. The van der Waals surface area contributed by atoms with Crippen LogP contribution in [0.2, 0.25) is 0 Å². The van der Waals surface area contributed by atoms with Crippen LogP contribution in [0, 0.1) is 6.92 Å². The molecule has 0 aliphatic carbocycles. The van der Waals surface area contributed by atoms with Crippen molar-refractivity contribution in [3.05, 3.63) is 65.5 Å². The fraction of sp³-hybridized carbons (Fsp3) is 0.381. The minimum Gasteiger partial charge on any atom is -0.365 e. The zero-order valence-electron chi connectivity index (χ0n) is 15.8. The zero-order chi connectivity index (χ0) is 18.5. The molecule has 6 heteroatoms. The van der Waals surface area contributed by atoms with Gasteiger partial charge in [0.15, 0.2) is 5.82 Å². The first-order chi connectivity index (χ1) is 13.3. The van der Waals surface area contributed by atoms with E-state index in [2.05, 4.69) is 49.8 Å². The summed E-state index contributed by atoms with van der Waals surface area (Å²) in [6, 6.07) is 14.7. The average molecular weight is 362 g/mol. The van der Waals surface area contributed by atoms with Crippen molar-refractivity contribution in [1.29, 1.82) is 0 Å². The van der Waals surface area contributed by atoms with Gasteiger partial charge in [0.05, 0.1) is 5.69 Å². The Balaban J connectivity index is 1.30. The summed E-state index contributed by atoms with van der Waals surface area (Å²) in [6.07, 6.45) is 5.94. The largest absolute Gasteiger partial charge is 0.365 e. The Hall–Kier alpha value is -2.73. The van der Waals surface area contributed by atoms with Crippen LogP contribution in [0.3, 0.4) is 0 Å². The van der Waals surface area contributed by atoms with Crippen molar-refractivity contribution in [1.82, 2.24) is 24.9 Å². The Morgan fingerprint density at radius 3 is 2.33 bits per heavy atom. The Kier molecular flexibility index (Phi) is 5.44. The quantitative estimate of drug-likeness (QED) is 0.726. The Labute approximate surface area is 160 Å². The molecule has 3 aromatic rings. The molecular weight excluding hydrogens is 336 g/mol. The summed E-state index contributed by atoms with van der Waals surface area (Å²) >= 11 is 0. The van der Waals surface area contributed by atoms with Gasteiger partial charge in [-0.1, -0.05) is 30.7 Å². The number of rotatable bonds is 6. The summed E-state index contributed by atoms with van der Waals surface area (Å²) < 4.78 is 1.73. The highest BCUT2D eigenvalue weighted by molar-refractivity contribution is 5.37. The van der Waals surface area contributed by atoms with E-state index in [1.54, 1.807) is 4.68 Å². The topological polar surface area (TPSA) is 58.9 Å². The van der Waals surface area contributed by atoms with Crippen molar-refractivity contribution in [2.75, 3.05) is 18.4 Å². The Morgan fingerprint density at radius 1 is 0.889 bits per heavy atom. The van der Waals surface area contributed by atoms with E-state index in [1.165, 1.54) is 43.5 Å². The first kappa shape index (κ1) is 17.7. The van der Waals surface area contributed by atoms with E-state index in [1.807, 2.05) is 31.3 Å². The maximum Gasteiger partial charge on any atom is 0.175 e. The average Bonchev–Trinajstić information content (AvgIpc) is 3.15. The van der Waals surface area contributed by atoms with Crippen LogP contribution in [0.5, 0.6) is 0 Å². The highest BCUT2D eigenvalue weighted by Gasteiger charge is 2.10. The summed E-state index contributed by atoms with van der Waals surface area (Å²) in [5, 5.41) is 16.2. The number of aromatic nitrogens is 4. The lowest BCUT2D eigenvalue weighted by Gasteiger charge is -2.26. The molecule has 4 rings (SSSR count). The molecule has 27 heavy (non-hydrogen) atoms. The second kappa shape index (κ2) is 8.31. The molecule has 0 unspecified atom stereocenters. The maximum absolute atomic E-state index is 4.34. The summed E-state index contributed by atoms with van der Waals surface area (Å²) in [5.41, 5.74) is 3.59. The molecule has 0 amide bonds. The van der Waals surface area contributed by atoms with Crippen LogP contribution >= 0.6 is 0 Å². The van der Waals surface area contributed by atoms with Gasteiger partial charge < -0.3 is 5.32 Å². The molecule has 6 nitrogen and oxygen atoms in total. The molecule has 1 aromatic carbocycles. The summed E-state index contributed by atoms with van der Waals surface area (Å²) in [4.78, 5) is 2.55. The van der Waals surface area contributed by atoms with Gasteiger partial charge in [-0.15, -0.1) is 10.2 Å². The summed E-state index contributed by atoms with van der Waals surface area (Å²) in [6.45, 7) is 6.22. The molecule has 1 aliphatic heterocycles. The lowest BCUT2D eigenvalue weighted by molar-refractivity contribution is 0.221. The molecule has 1 saturated heterocycles. The van der Waals surface area contributed by atoms with E-state index < -0.39 is 0 Å². The van der Waals surface area contributed by atoms with E-state index in [0.29, 0.717) is 0 Å². The van der Waals surface area contributed by atoms with Crippen molar-refractivity contribution < 1.29 is 0 Å². The van der Waals surface area contributed by atoms with E-state index in [0.717, 1.165) is 30.4 Å². The van der Waals surface area contributed by atoms with Crippen LogP contribution in [0.1, 0.15) is 36.1 Å². The summed E-state index contributed by atoms with van der Waals surface area (Å²) in [7, 11) is 0. The van der Waals surface area contributed by atoms with Crippen molar-refractivity contribution >= 4 is 5.82 Å². The SMILES string of the molecule is Cc1ccn(-c2ccc(NCc3ccc(CN4CCCCC4)cc3)nn2)n1. The molecule has 0 radical (unpaired) electrons. The van der Waals surface area contributed by atoms with Gasteiger partial charge in [0.25, 0.3) is 0 Å². The third-order valence-corrected chi connectivity index (χ3v) is 4.96. The first-order valence-electron chi connectivity index (χ1n) is 9.67. The fourth-order valence-electron chi connectivity index (χ4n) is 3.42. The predicted octanol–water partition coefficient (Wildman–Crippen LogP) is 3.57. The van der Waals surface area contributed by atoms with E-state index in [-0.39, 0.29) is 0 Å². The molecule has 0 bridgehead atoms. The predicted molar refractivity (Wildman–Crippen MR) is 107 cm³/mol. The van der Waals surface area contributed by atoms with Crippen molar-refractivity contribution in [3.8, 4) is 5.82 Å². The van der Waals surface area contributed by atoms with Crippen molar-refractivity contribution in [2.45, 2.75) is 39.3 Å². The lowest BCUT2D eigenvalue weighted by atomic mass is 10.1. The number of benzene rings is 1. The minimum atomic E-state index is 0.718. The summed E-state index contributed by atoms with van der Waals surface area (Å²) in [5.74, 6) is 1.48. The molecule has 0 saturated carbocycles. The number of piperidine rings is 1. The molecular formula is C21H26N6. The molecule has 1 fully saturated rings. The van der Waals surface area contributed by atoms with Crippen LogP contribution in [-0.2, 0) is 13.1 Å². The van der Waals surface area contributed by atoms with Gasteiger partial charge in [-0.05, 0) is 62.2 Å². The number of hydrogen-bond acceptors (Lipinski definition) is 5. The molecule has 140 valence electrons. The van der Waals surface area contributed by atoms with E-state index in [9.17, 15) is 0 Å². The molecule has 1 aliphatic rings. The monoisotopic (exact) mass is 362 g/mol. The van der Waals surface area contributed by atoms with Crippen LogP contribution in [0.15, 0.2) is 48.7 Å². The third-order valence-electron chi connectivity index (χ3n) is 4.96. The molecule has 1 N–H and O–H groups in total. The number of nitrogens with one attached hydrogen (secondary N) is 1. The highest BCUT2D eigenvalue weighted by atomic mass is 15.3. The Morgan fingerprint density at radius 2 is 1.67 bits per heavy atom. The van der Waals surface area contributed by atoms with Crippen LogP contribution in [-0.4, -0.2) is 38.0 Å². The minimum absolute atomic E-state index is 0.718. The van der Waals surface area contributed by atoms with E-state index >= 15 is 0 Å². The van der Waals surface area contributed by atoms with Crippen LogP contribution in [0.4, 0.5) is 5.82 Å². The van der Waals surface area contributed by atoms with Crippen molar-refractivity contribution in [2.24, 2.45) is 0 Å². The molecule has 3 heterocycles. The lowest BCUT2D eigenvalue weighted by Crippen LogP contribution is -2.29. The van der Waals surface area contributed by atoms with Gasteiger partial charge >= 0.3 is 0 Å². The third kappa shape index (κ3) is 4.71. The second-order valence-electron chi connectivity index (χ2n) is 7.19. The number of likely N-dealkylation sites (tertiary alicyclic amines) is 1. The highest BCUT2D eigenvalue weighted by Crippen LogP contribution is 2.14.